The smallest absolute Gasteiger partial charge is 0.230 e. The summed E-state index contributed by atoms with van der Waals surface area (Å²) in [6.45, 7) is 4.53. The van der Waals surface area contributed by atoms with Crippen molar-refractivity contribution in [2.75, 3.05) is 6.61 Å². The maximum Gasteiger partial charge on any atom is 0.230 e. The Labute approximate surface area is 145 Å². The summed E-state index contributed by atoms with van der Waals surface area (Å²) in [5.41, 5.74) is 1.47. The second-order valence-corrected chi connectivity index (χ2v) is 7.25. The average Bonchev–Trinajstić information content (AvgIpc) is 2.56. The van der Waals surface area contributed by atoms with Crippen LogP contribution in [0.4, 0.5) is 0 Å². The Kier molecular flexibility index (Phi) is 4.44. The Balaban J connectivity index is 1.83. The van der Waals surface area contributed by atoms with E-state index in [0.717, 1.165) is 27.8 Å². The highest BCUT2D eigenvalue weighted by Gasteiger charge is 2.33. The van der Waals surface area contributed by atoms with Crippen molar-refractivity contribution in [3.63, 3.8) is 0 Å². The average molecular weight is 374 g/mol. The van der Waals surface area contributed by atoms with Crippen LogP contribution in [0.15, 0.2) is 53.0 Å². The number of carbonyl (C=O) groups is 1. The minimum atomic E-state index is -0.578. The van der Waals surface area contributed by atoms with Gasteiger partial charge in [0, 0.05) is 16.5 Å². The minimum Gasteiger partial charge on any atom is -0.493 e. The molecule has 0 aliphatic carbocycles. The van der Waals surface area contributed by atoms with Gasteiger partial charge in [0.15, 0.2) is 0 Å². The zero-order valence-electron chi connectivity index (χ0n) is 13.3. The van der Waals surface area contributed by atoms with E-state index in [0.29, 0.717) is 6.61 Å². The molecule has 3 nitrogen and oxygen atoms in total. The predicted octanol–water partition coefficient (Wildman–Crippen LogP) is 4.37. The molecule has 2 aromatic carbocycles. The summed E-state index contributed by atoms with van der Waals surface area (Å²) in [5.74, 6) is 0.879. The van der Waals surface area contributed by atoms with E-state index in [4.69, 9.17) is 4.74 Å². The summed E-state index contributed by atoms with van der Waals surface area (Å²) >= 11 is 3.49. The lowest BCUT2D eigenvalue weighted by Gasteiger charge is -2.31. The van der Waals surface area contributed by atoms with E-state index in [1.807, 2.05) is 62.4 Å². The largest absolute Gasteiger partial charge is 0.493 e. The SMILES string of the molecule is CC(C)(C(=O)NC1CCOc2ccc(Br)cc21)c1ccccc1. The third-order valence-electron chi connectivity index (χ3n) is 4.38. The van der Waals surface area contributed by atoms with Gasteiger partial charge in [0.05, 0.1) is 18.1 Å². The molecule has 3 rings (SSSR count). The van der Waals surface area contributed by atoms with E-state index in [2.05, 4.69) is 21.2 Å². The van der Waals surface area contributed by atoms with E-state index in [9.17, 15) is 4.79 Å². The standard InChI is InChI=1S/C19H20BrNO2/c1-19(2,13-6-4-3-5-7-13)18(22)21-16-10-11-23-17-9-8-14(20)12-15(16)17/h3-9,12,16H,10-11H2,1-2H3,(H,21,22). The van der Waals surface area contributed by atoms with E-state index < -0.39 is 5.41 Å². The van der Waals surface area contributed by atoms with Crippen LogP contribution in [0.5, 0.6) is 5.75 Å². The number of rotatable bonds is 3. The van der Waals surface area contributed by atoms with Crippen molar-refractivity contribution in [2.24, 2.45) is 0 Å². The van der Waals surface area contributed by atoms with Crippen LogP contribution in [-0.4, -0.2) is 12.5 Å². The van der Waals surface area contributed by atoms with Gasteiger partial charge in [-0.25, -0.2) is 0 Å². The van der Waals surface area contributed by atoms with Crippen molar-refractivity contribution in [3.8, 4) is 5.75 Å². The quantitative estimate of drug-likeness (QED) is 0.867. The van der Waals surface area contributed by atoms with Crippen LogP contribution >= 0.6 is 15.9 Å². The molecule has 1 unspecified atom stereocenters. The van der Waals surface area contributed by atoms with Gasteiger partial charge in [-0.1, -0.05) is 46.3 Å². The van der Waals surface area contributed by atoms with Crippen LogP contribution < -0.4 is 10.1 Å². The fourth-order valence-corrected chi connectivity index (χ4v) is 3.22. The summed E-state index contributed by atoms with van der Waals surface area (Å²) in [5, 5.41) is 3.20. The molecule has 0 fully saturated rings. The molecule has 1 amide bonds. The van der Waals surface area contributed by atoms with Gasteiger partial charge in [0.2, 0.25) is 5.91 Å². The van der Waals surface area contributed by atoms with Crippen molar-refractivity contribution in [1.29, 1.82) is 0 Å². The van der Waals surface area contributed by atoms with Gasteiger partial charge >= 0.3 is 0 Å². The first kappa shape index (κ1) is 16.1. The lowest BCUT2D eigenvalue weighted by molar-refractivity contribution is -0.126. The molecule has 1 atom stereocenters. The van der Waals surface area contributed by atoms with Crippen LogP contribution in [0.1, 0.15) is 37.4 Å². The van der Waals surface area contributed by atoms with E-state index in [-0.39, 0.29) is 11.9 Å². The van der Waals surface area contributed by atoms with Gasteiger partial charge in [0.1, 0.15) is 5.75 Å². The van der Waals surface area contributed by atoms with Gasteiger partial charge in [-0.05, 0) is 37.6 Å². The molecular weight excluding hydrogens is 354 g/mol. The first-order valence-corrected chi connectivity index (χ1v) is 8.56. The topological polar surface area (TPSA) is 38.3 Å². The molecule has 4 heteroatoms. The highest BCUT2D eigenvalue weighted by atomic mass is 79.9. The fourth-order valence-electron chi connectivity index (χ4n) is 2.84. The number of ether oxygens (including phenoxy) is 1. The Morgan fingerprint density at radius 3 is 2.70 bits per heavy atom. The van der Waals surface area contributed by atoms with Crippen LogP contribution in [-0.2, 0) is 10.2 Å². The third-order valence-corrected chi connectivity index (χ3v) is 4.87. The Morgan fingerprint density at radius 1 is 1.22 bits per heavy atom. The molecule has 0 aromatic heterocycles. The second-order valence-electron chi connectivity index (χ2n) is 6.34. The summed E-state index contributed by atoms with van der Waals surface area (Å²) in [4.78, 5) is 12.9. The van der Waals surface area contributed by atoms with Gasteiger partial charge < -0.3 is 10.1 Å². The van der Waals surface area contributed by atoms with Crippen molar-refractivity contribution >= 4 is 21.8 Å². The van der Waals surface area contributed by atoms with Crippen LogP contribution in [0.25, 0.3) is 0 Å². The molecule has 0 spiro atoms. The third kappa shape index (κ3) is 3.27. The van der Waals surface area contributed by atoms with Crippen molar-refractivity contribution in [3.05, 3.63) is 64.1 Å². The molecule has 1 aliphatic rings. The summed E-state index contributed by atoms with van der Waals surface area (Å²) in [6, 6.07) is 15.8. The van der Waals surface area contributed by atoms with Crippen LogP contribution in [0, 0.1) is 0 Å². The Hall–Kier alpha value is -1.81. The van der Waals surface area contributed by atoms with Crippen LogP contribution in [0.2, 0.25) is 0 Å². The first-order valence-electron chi connectivity index (χ1n) is 7.77. The van der Waals surface area contributed by atoms with Crippen molar-refractivity contribution < 1.29 is 9.53 Å². The number of benzene rings is 2. The number of halogens is 1. The molecule has 0 saturated heterocycles. The molecule has 0 radical (unpaired) electrons. The molecular formula is C19H20BrNO2. The number of fused-ring (bicyclic) bond motifs is 1. The van der Waals surface area contributed by atoms with Gasteiger partial charge in [-0.3, -0.25) is 4.79 Å². The Morgan fingerprint density at radius 2 is 1.96 bits per heavy atom. The number of nitrogens with one attached hydrogen (secondary N) is 1. The van der Waals surface area contributed by atoms with Gasteiger partial charge in [0.25, 0.3) is 0 Å². The second kappa shape index (κ2) is 6.36. The molecule has 120 valence electrons. The molecule has 1 N–H and O–H groups in total. The molecule has 0 bridgehead atoms. The number of carbonyl (C=O) groups excluding carboxylic acids is 1. The number of amides is 1. The molecule has 23 heavy (non-hydrogen) atoms. The molecule has 1 aliphatic heterocycles. The van der Waals surface area contributed by atoms with E-state index in [1.54, 1.807) is 0 Å². The number of hydrogen-bond acceptors (Lipinski definition) is 2. The molecule has 2 aromatic rings. The zero-order valence-corrected chi connectivity index (χ0v) is 14.9. The van der Waals surface area contributed by atoms with Crippen molar-refractivity contribution in [1.82, 2.24) is 5.32 Å². The summed E-state index contributed by atoms with van der Waals surface area (Å²) in [6.07, 6.45) is 0.778. The predicted molar refractivity (Wildman–Crippen MR) is 94.6 cm³/mol. The Bertz CT molecular complexity index is 713. The first-order chi connectivity index (χ1) is 11.0. The van der Waals surface area contributed by atoms with E-state index >= 15 is 0 Å². The highest BCUT2D eigenvalue weighted by Crippen LogP contribution is 2.35. The summed E-state index contributed by atoms with van der Waals surface area (Å²) in [7, 11) is 0. The summed E-state index contributed by atoms with van der Waals surface area (Å²) < 4.78 is 6.68. The van der Waals surface area contributed by atoms with E-state index in [1.165, 1.54) is 0 Å². The molecule has 1 heterocycles. The highest BCUT2D eigenvalue weighted by molar-refractivity contribution is 9.10. The van der Waals surface area contributed by atoms with Crippen molar-refractivity contribution in [2.45, 2.75) is 31.7 Å². The molecule has 0 saturated carbocycles. The van der Waals surface area contributed by atoms with Gasteiger partial charge in [-0.15, -0.1) is 0 Å². The number of hydrogen-bond donors (Lipinski definition) is 1. The van der Waals surface area contributed by atoms with Crippen LogP contribution in [0.3, 0.4) is 0 Å². The lowest BCUT2D eigenvalue weighted by Crippen LogP contribution is -2.43. The minimum absolute atomic E-state index is 0.0215. The maximum atomic E-state index is 12.9. The fraction of sp³-hybridized carbons (Fsp3) is 0.316. The maximum absolute atomic E-state index is 12.9. The lowest BCUT2D eigenvalue weighted by atomic mass is 9.83. The normalized spacial score (nSPS) is 17.1. The zero-order chi connectivity index (χ0) is 16.4. The van der Waals surface area contributed by atoms with Gasteiger partial charge in [-0.2, -0.15) is 0 Å². The monoisotopic (exact) mass is 373 g/mol.